The summed E-state index contributed by atoms with van der Waals surface area (Å²) < 4.78 is 5.88. The summed E-state index contributed by atoms with van der Waals surface area (Å²) in [6.45, 7) is 18.8. The molecule has 0 saturated carbocycles. The molecule has 1 aromatic carbocycles. The number of likely N-dealkylation sites (N-methyl/N-ethyl adjacent to an activating group) is 1. The van der Waals surface area contributed by atoms with Crippen LogP contribution >= 0.6 is 11.3 Å². The number of para-hydroxylation sites is 1. The van der Waals surface area contributed by atoms with Gasteiger partial charge in [0.05, 0.1) is 18.0 Å². The normalized spacial score (nSPS) is 17.5. The van der Waals surface area contributed by atoms with Crippen LogP contribution in [0.25, 0.3) is 0 Å². The van der Waals surface area contributed by atoms with Crippen LogP contribution in [0, 0.1) is 11.8 Å². The first-order valence-corrected chi connectivity index (χ1v) is 21.6. The van der Waals surface area contributed by atoms with E-state index in [9.17, 15) is 29.1 Å². The second-order valence-electron chi connectivity index (χ2n) is 16.0. The number of likely N-dealkylation sites (tertiary alicyclic amines) is 1. The molecule has 322 valence electrons. The minimum atomic E-state index is -0.968. The lowest BCUT2D eigenvalue weighted by Crippen LogP contribution is -2.58. The fourth-order valence-electron chi connectivity index (χ4n) is 7.30. The molecule has 1 saturated heterocycles. The van der Waals surface area contributed by atoms with E-state index in [1.807, 2.05) is 77.8 Å². The van der Waals surface area contributed by atoms with Gasteiger partial charge in [0.25, 0.3) is 5.91 Å². The van der Waals surface area contributed by atoms with Crippen molar-refractivity contribution >= 4 is 46.8 Å². The first kappa shape index (κ1) is 47.9. The van der Waals surface area contributed by atoms with Gasteiger partial charge in [-0.25, -0.2) is 9.78 Å². The number of hydrogen-bond donors (Lipinski definition) is 5. The SMILES string of the molecule is C=C(C)[C@@H](C[C@@H](OC(=O)NC)c1nc(C(=O)N[C@@H](Cc2ccccc2NC(C)C)C[C@H](C)C(=O)O)cs1)N(CCC)C(=O)[C@@H](NC(=O)[C@H]1CCCCN1C)[C@@H](C)CC. The van der Waals surface area contributed by atoms with Gasteiger partial charge in [-0.2, -0.15) is 0 Å². The molecule has 4 amide bonds. The van der Waals surface area contributed by atoms with E-state index in [1.165, 1.54) is 7.05 Å². The number of amides is 4. The van der Waals surface area contributed by atoms with E-state index >= 15 is 0 Å². The van der Waals surface area contributed by atoms with Crippen LogP contribution in [0.15, 0.2) is 41.8 Å². The number of aliphatic carboxylic acids is 1. The molecule has 0 bridgehead atoms. The number of carboxylic acid groups (broad SMARTS) is 1. The van der Waals surface area contributed by atoms with Crippen LogP contribution in [-0.2, 0) is 25.5 Å². The number of nitrogens with zero attached hydrogens (tertiary/aromatic N) is 3. The minimum absolute atomic E-state index is 0.0904. The summed E-state index contributed by atoms with van der Waals surface area (Å²) in [7, 11) is 3.38. The highest BCUT2D eigenvalue weighted by Crippen LogP contribution is 2.32. The number of anilines is 1. The van der Waals surface area contributed by atoms with Gasteiger partial charge in [-0.15, -0.1) is 11.3 Å². The summed E-state index contributed by atoms with van der Waals surface area (Å²) in [5, 5.41) is 23.7. The monoisotopic (exact) mass is 825 g/mol. The van der Waals surface area contributed by atoms with Gasteiger partial charge < -0.3 is 36.0 Å². The van der Waals surface area contributed by atoms with E-state index in [0.717, 1.165) is 48.4 Å². The molecule has 1 fully saturated rings. The van der Waals surface area contributed by atoms with Gasteiger partial charge in [-0.05, 0) is 84.0 Å². The first-order chi connectivity index (χ1) is 27.5. The van der Waals surface area contributed by atoms with Crippen molar-refractivity contribution in [1.29, 1.82) is 0 Å². The summed E-state index contributed by atoms with van der Waals surface area (Å²) in [6, 6.07) is 5.68. The molecule has 15 heteroatoms. The average Bonchev–Trinajstić information content (AvgIpc) is 3.68. The lowest BCUT2D eigenvalue weighted by atomic mass is 9.93. The Kier molecular flexibility index (Phi) is 19.1. The van der Waals surface area contributed by atoms with Crippen LogP contribution in [0.5, 0.6) is 0 Å². The molecule has 0 unspecified atom stereocenters. The predicted octanol–water partition coefficient (Wildman–Crippen LogP) is 6.40. The van der Waals surface area contributed by atoms with E-state index in [1.54, 1.807) is 17.2 Å². The van der Waals surface area contributed by atoms with Crippen molar-refractivity contribution in [3.05, 3.63) is 58.1 Å². The number of benzene rings is 1. The maximum atomic E-state index is 14.6. The molecule has 1 aliphatic heterocycles. The molecule has 58 heavy (non-hydrogen) atoms. The first-order valence-electron chi connectivity index (χ1n) is 20.7. The molecule has 3 rings (SSSR count). The van der Waals surface area contributed by atoms with Crippen LogP contribution < -0.4 is 21.3 Å². The molecule has 0 aliphatic carbocycles. The molecular weight excluding hydrogens is 759 g/mol. The number of carbonyl (C=O) groups excluding carboxylic acids is 4. The fraction of sp³-hybridized carbons (Fsp3) is 0.628. The van der Waals surface area contributed by atoms with Gasteiger partial charge in [0.2, 0.25) is 11.8 Å². The van der Waals surface area contributed by atoms with E-state index in [4.69, 9.17) is 4.74 Å². The topological polar surface area (TPSA) is 182 Å². The summed E-state index contributed by atoms with van der Waals surface area (Å²) in [5.41, 5.74) is 2.59. The van der Waals surface area contributed by atoms with Crippen molar-refractivity contribution in [3.63, 3.8) is 0 Å². The molecular formula is C43H67N7O7S. The molecule has 14 nitrogen and oxygen atoms in total. The largest absolute Gasteiger partial charge is 0.481 e. The van der Waals surface area contributed by atoms with Crippen molar-refractivity contribution in [1.82, 2.24) is 30.7 Å². The van der Waals surface area contributed by atoms with Gasteiger partial charge in [0.1, 0.15) is 16.7 Å². The predicted molar refractivity (Wildman–Crippen MR) is 229 cm³/mol. The van der Waals surface area contributed by atoms with Gasteiger partial charge >= 0.3 is 12.1 Å². The average molecular weight is 826 g/mol. The highest BCUT2D eigenvalue weighted by atomic mass is 32.1. The van der Waals surface area contributed by atoms with Crippen molar-refractivity contribution in [2.24, 2.45) is 11.8 Å². The fourth-order valence-corrected chi connectivity index (χ4v) is 8.14. The summed E-state index contributed by atoms with van der Waals surface area (Å²) >= 11 is 1.15. The molecule has 5 N–H and O–H groups in total. The van der Waals surface area contributed by atoms with E-state index < -0.39 is 48.1 Å². The summed E-state index contributed by atoms with van der Waals surface area (Å²) in [6.07, 6.45) is 3.00. The maximum absolute atomic E-state index is 14.6. The van der Waals surface area contributed by atoms with Crippen LogP contribution in [0.3, 0.4) is 0 Å². The van der Waals surface area contributed by atoms with Crippen molar-refractivity contribution in [3.8, 4) is 0 Å². The number of ether oxygens (including phenoxy) is 1. The van der Waals surface area contributed by atoms with Gasteiger partial charge in [-0.3, -0.25) is 24.1 Å². The second-order valence-corrected chi connectivity index (χ2v) is 16.9. The number of hydrogen-bond acceptors (Lipinski definition) is 10. The Morgan fingerprint density at radius 1 is 1.07 bits per heavy atom. The third-order valence-electron chi connectivity index (χ3n) is 10.8. The molecule has 7 atom stereocenters. The Hall–Kier alpha value is -4.50. The lowest BCUT2D eigenvalue weighted by molar-refractivity contribution is -0.141. The minimum Gasteiger partial charge on any atom is -0.481 e. The van der Waals surface area contributed by atoms with Crippen molar-refractivity contribution in [2.75, 3.05) is 32.5 Å². The summed E-state index contributed by atoms with van der Waals surface area (Å²) in [4.78, 5) is 75.2. The third-order valence-corrected chi connectivity index (χ3v) is 11.7. The Morgan fingerprint density at radius 3 is 2.38 bits per heavy atom. The maximum Gasteiger partial charge on any atom is 0.407 e. The number of alkyl carbamates (subject to hydrolysis) is 1. The Balaban J connectivity index is 1.93. The smallest absolute Gasteiger partial charge is 0.407 e. The van der Waals surface area contributed by atoms with Gasteiger partial charge in [0, 0.05) is 43.2 Å². The molecule has 0 spiro atoms. The zero-order valence-electron chi connectivity index (χ0n) is 35.9. The number of piperidine rings is 1. The number of carbonyl (C=O) groups is 5. The standard InChI is InChI=1S/C43H67N7O7S/c1-11-20-50(41(53)37(28(7)12-2)48-39(52)34-19-15-16-21-49(34)10)35(26(3)4)24-36(57-43(56)44-9)40-47-33(25-58-40)38(51)46-31(22-29(8)42(54)55)23-30-17-13-14-18-32(30)45-27(5)6/h13-14,17-18,25,27-29,31,34-37,45H,3,11-12,15-16,19-24H2,1-2,4-10H3,(H,44,56)(H,46,51)(H,48,52)(H,54,55)/t28-,29-,31+,34+,35+,36+,37-/m0/s1. The molecule has 2 heterocycles. The van der Waals surface area contributed by atoms with E-state index in [0.29, 0.717) is 36.4 Å². The number of rotatable bonds is 22. The number of thiazole rings is 1. The van der Waals surface area contributed by atoms with Gasteiger partial charge in [-0.1, -0.05) is 70.9 Å². The lowest BCUT2D eigenvalue weighted by Gasteiger charge is -2.39. The van der Waals surface area contributed by atoms with E-state index in [2.05, 4.69) is 32.8 Å². The third kappa shape index (κ3) is 13.8. The Labute approximate surface area is 348 Å². The van der Waals surface area contributed by atoms with E-state index in [-0.39, 0.29) is 48.4 Å². The molecule has 1 aromatic heterocycles. The number of nitrogens with one attached hydrogen (secondary N) is 4. The Bertz CT molecular complexity index is 1700. The zero-order valence-corrected chi connectivity index (χ0v) is 36.7. The molecule has 1 aliphatic rings. The van der Waals surface area contributed by atoms with Crippen LogP contribution in [-0.4, -0.2) is 107 Å². The Morgan fingerprint density at radius 2 is 1.78 bits per heavy atom. The van der Waals surface area contributed by atoms with Crippen LogP contribution in [0.1, 0.15) is 121 Å². The molecule has 2 aromatic rings. The summed E-state index contributed by atoms with van der Waals surface area (Å²) in [5.74, 6) is -2.73. The van der Waals surface area contributed by atoms with Crippen molar-refractivity contribution in [2.45, 2.75) is 136 Å². The highest BCUT2D eigenvalue weighted by molar-refractivity contribution is 7.09. The molecule has 0 radical (unpaired) electrons. The second kappa shape index (κ2) is 23.2. The number of carboxylic acids is 1. The van der Waals surface area contributed by atoms with Crippen molar-refractivity contribution < 1.29 is 33.8 Å². The highest BCUT2D eigenvalue weighted by Gasteiger charge is 2.38. The quantitative estimate of drug-likeness (QED) is 0.0834. The van der Waals surface area contributed by atoms with Gasteiger partial charge in [0.15, 0.2) is 6.10 Å². The number of aromatic nitrogens is 1. The van der Waals surface area contributed by atoms with Crippen LogP contribution in [0.4, 0.5) is 10.5 Å². The zero-order chi connectivity index (χ0) is 43.1. The van der Waals surface area contributed by atoms with Crippen LogP contribution in [0.2, 0.25) is 0 Å².